The molecular formula is C15H20FN3. The van der Waals surface area contributed by atoms with E-state index in [4.69, 9.17) is 5.26 Å². The van der Waals surface area contributed by atoms with E-state index in [1.807, 2.05) is 6.07 Å². The van der Waals surface area contributed by atoms with Crippen LogP contribution >= 0.6 is 0 Å². The number of nitrogens with zero attached hydrogens (tertiary/aromatic N) is 3. The maximum atomic E-state index is 13.3. The van der Waals surface area contributed by atoms with Crippen LogP contribution in [0.2, 0.25) is 0 Å². The monoisotopic (exact) mass is 261 g/mol. The van der Waals surface area contributed by atoms with Gasteiger partial charge in [-0.25, -0.2) is 4.39 Å². The lowest BCUT2D eigenvalue weighted by Gasteiger charge is -2.35. The summed E-state index contributed by atoms with van der Waals surface area (Å²) < 4.78 is 13.3. The van der Waals surface area contributed by atoms with E-state index in [1.165, 1.54) is 18.9 Å². The molecule has 0 unspecified atom stereocenters. The number of benzene rings is 1. The minimum absolute atomic E-state index is 0.134. The van der Waals surface area contributed by atoms with Crippen LogP contribution in [0.25, 0.3) is 0 Å². The van der Waals surface area contributed by atoms with Gasteiger partial charge in [0.1, 0.15) is 11.9 Å². The fourth-order valence-corrected chi connectivity index (χ4v) is 2.61. The first-order chi connectivity index (χ1) is 9.10. The van der Waals surface area contributed by atoms with Crippen molar-refractivity contribution in [3.8, 4) is 6.07 Å². The summed E-state index contributed by atoms with van der Waals surface area (Å²) in [6, 6.07) is 7.27. The van der Waals surface area contributed by atoms with Crippen LogP contribution in [-0.2, 0) is 6.54 Å². The van der Waals surface area contributed by atoms with Gasteiger partial charge in [-0.05, 0) is 57.7 Å². The summed E-state index contributed by atoms with van der Waals surface area (Å²) in [7, 11) is 4.25. The van der Waals surface area contributed by atoms with Crippen molar-refractivity contribution in [3.63, 3.8) is 0 Å². The van der Waals surface area contributed by atoms with Gasteiger partial charge in [0.2, 0.25) is 0 Å². The molecule has 1 aliphatic rings. The fourth-order valence-electron chi connectivity index (χ4n) is 2.61. The lowest BCUT2D eigenvalue weighted by Crippen LogP contribution is -2.41. The highest BCUT2D eigenvalue weighted by Crippen LogP contribution is 2.17. The molecule has 1 saturated heterocycles. The molecule has 1 fully saturated rings. The van der Waals surface area contributed by atoms with Crippen LogP contribution in [0.4, 0.5) is 4.39 Å². The van der Waals surface area contributed by atoms with E-state index >= 15 is 0 Å². The Balaban J connectivity index is 1.99. The highest BCUT2D eigenvalue weighted by atomic mass is 19.1. The molecule has 0 N–H and O–H groups in total. The van der Waals surface area contributed by atoms with Gasteiger partial charge in [0.25, 0.3) is 0 Å². The second kappa shape index (κ2) is 6.14. The van der Waals surface area contributed by atoms with Gasteiger partial charge in [-0.3, -0.25) is 4.90 Å². The van der Waals surface area contributed by atoms with Crippen LogP contribution in [0, 0.1) is 17.1 Å². The highest BCUT2D eigenvalue weighted by molar-refractivity contribution is 5.34. The van der Waals surface area contributed by atoms with E-state index in [1.54, 1.807) is 12.1 Å². The molecule has 0 atom stereocenters. The summed E-state index contributed by atoms with van der Waals surface area (Å²) in [6.45, 7) is 3.02. The second-order valence-electron chi connectivity index (χ2n) is 5.38. The lowest BCUT2D eigenvalue weighted by molar-refractivity contribution is 0.139. The molecule has 0 aromatic heterocycles. The Kier molecular flexibility index (Phi) is 4.52. The van der Waals surface area contributed by atoms with Crippen molar-refractivity contribution in [1.82, 2.24) is 9.80 Å². The molecule has 0 spiro atoms. The van der Waals surface area contributed by atoms with E-state index in [-0.39, 0.29) is 5.56 Å². The average Bonchev–Trinajstić information content (AvgIpc) is 2.41. The Hall–Kier alpha value is -1.44. The standard InChI is InChI=1S/C15H20FN3/c1-18-7-5-14(6-8-18)19(2)11-12-3-4-15(16)13(9-12)10-17/h3-4,9,14H,5-8,11H2,1-2H3. The molecule has 0 aliphatic carbocycles. The molecular weight excluding hydrogens is 241 g/mol. The van der Waals surface area contributed by atoms with Gasteiger partial charge in [0.15, 0.2) is 0 Å². The van der Waals surface area contributed by atoms with Crippen molar-refractivity contribution in [1.29, 1.82) is 5.26 Å². The molecule has 102 valence electrons. The van der Waals surface area contributed by atoms with Crippen molar-refractivity contribution in [3.05, 3.63) is 35.1 Å². The number of rotatable bonds is 3. The van der Waals surface area contributed by atoms with E-state index in [0.29, 0.717) is 6.04 Å². The minimum Gasteiger partial charge on any atom is -0.306 e. The Morgan fingerprint density at radius 3 is 2.74 bits per heavy atom. The zero-order chi connectivity index (χ0) is 13.8. The SMILES string of the molecule is CN1CCC(N(C)Cc2ccc(F)c(C#N)c2)CC1. The molecule has 0 saturated carbocycles. The zero-order valence-corrected chi connectivity index (χ0v) is 11.6. The van der Waals surface area contributed by atoms with Gasteiger partial charge in [-0.2, -0.15) is 5.26 Å². The predicted molar refractivity (Wildman–Crippen MR) is 73.1 cm³/mol. The minimum atomic E-state index is -0.437. The predicted octanol–water partition coefficient (Wildman–Crippen LogP) is 2.22. The first-order valence-electron chi connectivity index (χ1n) is 6.67. The van der Waals surface area contributed by atoms with Crippen molar-refractivity contribution < 1.29 is 4.39 Å². The van der Waals surface area contributed by atoms with E-state index < -0.39 is 5.82 Å². The van der Waals surface area contributed by atoms with Crippen LogP contribution < -0.4 is 0 Å². The third-order valence-electron chi connectivity index (χ3n) is 3.89. The van der Waals surface area contributed by atoms with Crippen molar-refractivity contribution in [2.75, 3.05) is 27.2 Å². The lowest BCUT2D eigenvalue weighted by atomic mass is 10.0. The third kappa shape index (κ3) is 3.52. The molecule has 4 heteroatoms. The number of piperidine rings is 1. The molecule has 3 nitrogen and oxygen atoms in total. The van der Waals surface area contributed by atoms with Gasteiger partial charge in [0.05, 0.1) is 5.56 Å². The quantitative estimate of drug-likeness (QED) is 0.836. The number of nitriles is 1. The molecule has 0 radical (unpaired) electrons. The highest BCUT2D eigenvalue weighted by Gasteiger charge is 2.20. The third-order valence-corrected chi connectivity index (χ3v) is 3.89. The van der Waals surface area contributed by atoms with E-state index in [0.717, 1.165) is 25.2 Å². The molecule has 1 aromatic carbocycles. The van der Waals surface area contributed by atoms with Crippen LogP contribution in [0.5, 0.6) is 0 Å². The molecule has 1 aromatic rings. The van der Waals surface area contributed by atoms with E-state index in [9.17, 15) is 4.39 Å². The average molecular weight is 261 g/mol. The van der Waals surface area contributed by atoms with Gasteiger partial charge < -0.3 is 4.90 Å². The van der Waals surface area contributed by atoms with Crippen LogP contribution in [0.3, 0.4) is 0 Å². The zero-order valence-electron chi connectivity index (χ0n) is 11.6. The van der Waals surface area contributed by atoms with Gasteiger partial charge in [-0.15, -0.1) is 0 Å². The summed E-state index contributed by atoms with van der Waals surface area (Å²) in [5.41, 5.74) is 1.13. The first kappa shape index (κ1) is 14.0. The fraction of sp³-hybridized carbons (Fsp3) is 0.533. The van der Waals surface area contributed by atoms with Gasteiger partial charge >= 0.3 is 0 Å². The smallest absolute Gasteiger partial charge is 0.140 e. The summed E-state index contributed by atoms with van der Waals surface area (Å²) in [4.78, 5) is 4.65. The van der Waals surface area contributed by atoms with Crippen LogP contribution in [0.15, 0.2) is 18.2 Å². The van der Waals surface area contributed by atoms with Crippen molar-refractivity contribution in [2.45, 2.75) is 25.4 Å². The van der Waals surface area contributed by atoms with Crippen LogP contribution in [-0.4, -0.2) is 43.0 Å². The molecule has 19 heavy (non-hydrogen) atoms. The molecule has 0 amide bonds. The first-order valence-corrected chi connectivity index (χ1v) is 6.67. The van der Waals surface area contributed by atoms with Gasteiger partial charge in [-0.1, -0.05) is 6.07 Å². The Morgan fingerprint density at radius 1 is 1.42 bits per heavy atom. The topological polar surface area (TPSA) is 30.3 Å². The van der Waals surface area contributed by atoms with Crippen molar-refractivity contribution >= 4 is 0 Å². The number of likely N-dealkylation sites (tertiary alicyclic amines) is 1. The molecule has 0 bridgehead atoms. The maximum Gasteiger partial charge on any atom is 0.140 e. The Morgan fingerprint density at radius 2 is 2.11 bits per heavy atom. The summed E-state index contributed by atoms with van der Waals surface area (Å²) in [5, 5.41) is 8.85. The van der Waals surface area contributed by atoms with Gasteiger partial charge in [0, 0.05) is 12.6 Å². The van der Waals surface area contributed by atoms with E-state index in [2.05, 4.69) is 23.9 Å². The summed E-state index contributed by atoms with van der Waals surface area (Å²) in [5.74, 6) is -0.437. The molecule has 2 rings (SSSR count). The Labute approximate surface area is 114 Å². The maximum absolute atomic E-state index is 13.3. The normalized spacial score (nSPS) is 17.6. The van der Waals surface area contributed by atoms with Crippen molar-refractivity contribution in [2.24, 2.45) is 0 Å². The Bertz CT molecular complexity index is 473. The summed E-state index contributed by atoms with van der Waals surface area (Å²) in [6.07, 6.45) is 2.33. The summed E-state index contributed by atoms with van der Waals surface area (Å²) >= 11 is 0. The van der Waals surface area contributed by atoms with Crippen LogP contribution in [0.1, 0.15) is 24.0 Å². The number of hydrogen-bond donors (Lipinski definition) is 0. The second-order valence-corrected chi connectivity index (χ2v) is 5.38. The largest absolute Gasteiger partial charge is 0.306 e. The molecule has 1 aliphatic heterocycles. The number of halogens is 1. The molecule has 1 heterocycles. The number of hydrogen-bond acceptors (Lipinski definition) is 3.